The molecule has 0 spiro atoms. The first-order valence-electron chi connectivity index (χ1n) is 9.00. The molecule has 0 bridgehead atoms. The zero-order chi connectivity index (χ0) is 20.5. The number of nitrogens with zero attached hydrogens (tertiary/aromatic N) is 5. The summed E-state index contributed by atoms with van der Waals surface area (Å²) < 4.78 is 37.9. The minimum absolute atomic E-state index is 0.229. The van der Waals surface area contributed by atoms with E-state index < -0.39 is 31.0 Å². The molecule has 0 unspecified atom stereocenters. The lowest BCUT2D eigenvalue weighted by Crippen LogP contribution is -2.30. The predicted octanol–water partition coefficient (Wildman–Crippen LogP) is 1.42. The molecule has 3 aromatic rings. The first-order chi connectivity index (χ1) is 14.0. The van der Waals surface area contributed by atoms with E-state index in [1.165, 1.54) is 29.5 Å². The van der Waals surface area contributed by atoms with Crippen LogP contribution in [0, 0.1) is 0 Å². The zero-order valence-electron chi connectivity index (χ0n) is 15.4. The maximum Gasteiger partial charge on any atom is 0.280 e. The second kappa shape index (κ2) is 7.93. The third kappa shape index (κ3) is 3.76. The third-order valence-electron chi connectivity index (χ3n) is 4.78. The largest absolute Gasteiger partial charge is 0.476 e. The Morgan fingerprint density at radius 1 is 1.17 bits per heavy atom. The number of rotatable bonds is 6. The highest BCUT2D eigenvalue weighted by molar-refractivity contribution is 5.76. The molecule has 29 heavy (non-hydrogen) atoms. The van der Waals surface area contributed by atoms with Crippen molar-refractivity contribution in [1.82, 2.24) is 24.5 Å². The van der Waals surface area contributed by atoms with Crippen molar-refractivity contribution in [1.29, 1.82) is 0 Å². The number of ether oxygens (including phenoxy) is 2. The van der Waals surface area contributed by atoms with E-state index in [2.05, 4.69) is 19.9 Å². The maximum atomic E-state index is 12.6. The number of hydrogen-bond acceptors (Lipinski definition) is 8. The average Bonchev–Trinajstić information content (AvgIpc) is 3.25. The van der Waals surface area contributed by atoms with Crippen LogP contribution in [0.4, 0.5) is 8.78 Å². The standard InChI is InChI=1S/C18H19F2N5O4/c1-9-13(26)14(27)18(29-9)25-8-24-12-16(25)22-7-23-17(12)28-5-4-10-2-3-11(15(19)20)21-6-10/h2-3,6-9,13-15,18,26-27H,4-5H2,1H3/t9-,13-,14-,18-/m1/s1. The normalized spacial score (nSPS) is 24.5. The quantitative estimate of drug-likeness (QED) is 0.630. The van der Waals surface area contributed by atoms with E-state index in [9.17, 15) is 19.0 Å². The van der Waals surface area contributed by atoms with Gasteiger partial charge in [-0.3, -0.25) is 9.55 Å². The van der Waals surface area contributed by atoms with Gasteiger partial charge in [0.25, 0.3) is 6.43 Å². The van der Waals surface area contributed by atoms with Crippen molar-refractivity contribution in [2.24, 2.45) is 0 Å². The Morgan fingerprint density at radius 2 is 2.00 bits per heavy atom. The molecule has 0 amide bonds. The van der Waals surface area contributed by atoms with E-state index in [0.29, 0.717) is 17.6 Å². The summed E-state index contributed by atoms with van der Waals surface area (Å²) in [6.45, 7) is 1.90. The number of imidazole rings is 1. The zero-order valence-corrected chi connectivity index (χ0v) is 15.4. The van der Waals surface area contributed by atoms with Crippen molar-refractivity contribution in [3.8, 4) is 5.88 Å². The second-order valence-corrected chi connectivity index (χ2v) is 6.71. The van der Waals surface area contributed by atoms with Crippen LogP contribution in [0.1, 0.15) is 30.8 Å². The molecule has 1 aliphatic heterocycles. The molecule has 2 N–H and O–H groups in total. The molecule has 4 heterocycles. The lowest BCUT2D eigenvalue weighted by atomic mass is 10.1. The number of aromatic nitrogens is 5. The van der Waals surface area contributed by atoms with Gasteiger partial charge >= 0.3 is 0 Å². The molecule has 4 rings (SSSR count). The van der Waals surface area contributed by atoms with Crippen LogP contribution < -0.4 is 4.74 Å². The van der Waals surface area contributed by atoms with Crippen molar-refractivity contribution in [2.75, 3.05) is 6.61 Å². The highest BCUT2D eigenvalue weighted by Gasteiger charge is 2.42. The molecule has 0 aromatic carbocycles. The molecule has 0 aliphatic carbocycles. The lowest BCUT2D eigenvalue weighted by Gasteiger charge is -2.16. The van der Waals surface area contributed by atoms with E-state index in [1.807, 2.05) is 0 Å². The number of fused-ring (bicyclic) bond motifs is 1. The molecule has 154 valence electrons. The molecule has 1 saturated heterocycles. The molecule has 0 radical (unpaired) electrons. The molecule has 1 fully saturated rings. The van der Waals surface area contributed by atoms with Crippen LogP contribution in [0.15, 0.2) is 31.0 Å². The van der Waals surface area contributed by atoms with Crippen molar-refractivity contribution >= 4 is 11.2 Å². The summed E-state index contributed by atoms with van der Waals surface area (Å²) in [5, 5.41) is 20.1. The maximum absolute atomic E-state index is 12.6. The first-order valence-corrected chi connectivity index (χ1v) is 9.00. The molecular formula is C18H19F2N5O4. The molecular weight excluding hydrogens is 388 g/mol. The van der Waals surface area contributed by atoms with E-state index in [1.54, 1.807) is 13.0 Å². The fourth-order valence-electron chi connectivity index (χ4n) is 3.16. The Morgan fingerprint density at radius 3 is 2.66 bits per heavy atom. The Bertz CT molecular complexity index is 984. The van der Waals surface area contributed by atoms with Crippen LogP contribution in [0.5, 0.6) is 5.88 Å². The SMILES string of the molecule is C[C@H]1O[C@@H](n2cnc3c(OCCc4ccc(C(F)F)nc4)ncnc32)[C@H](O)[C@@H]1O. The highest BCUT2D eigenvalue weighted by Crippen LogP contribution is 2.32. The van der Waals surface area contributed by atoms with Crippen LogP contribution in [-0.2, 0) is 11.2 Å². The summed E-state index contributed by atoms with van der Waals surface area (Å²) in [5.74, 6) is 0.243. The number of aliphatic hydroxyl groups is 2. The fourth-order valence-corrected chi connectivity index (χ4v) is 3.16. The van der Waals surface area contributed by atoms with Crippen molar-refractivity contribution in [3.63, 3.8) is 0 Å². The second-order valence-electron chi connectivity index (χ2n) is 6.71. The van der Waals surface area contributed by atoms with Crippen LogP contribution >= 0.6 is 0 Å². The van der Waals surface area contributed by atoms with Gasteiger partial charge in [-0.1, -0.05) is 6.07 Å². The van der Waals surface area contributed by atoms with Gasteiger partial charge < -0.3 is 19.7 Å². The van der Waals surface area contributed by atoms with Gasteiger partial charge in [0, 0.05) is 12.6 Å². The van der Waals surface area contributed by atoms with Crippen LogP contribution in [0.25, 0.3) is 11.2 Å². The number of halogens is 2. The van der Waals surface area contributed by atoms with Crippen molar-refractivity contribution in [3.05, 3.63) is 42.2 Å². The van der Waals surface area contributed by atoms with Crippen LogP contribution in [0.3, 0.4) is 0 Å². The van der Waals surface area contributed by atoms with Gasteiger partial charge in [-0.05, 0) is 18.6 Å². The average molecular weight is 407 g/mol. The van der Waals surface area contributed by atoms with Gasteiger partial charge in [0.2, 0.25) is 5.88 Å². The topological polar surface area (TPSA) is 115 Å². The summed E-state index contributed by atoms with van der Waals surface area (Å²) in [4.78, 5) is 16.2. The summed E-state index contributed by atoms with van der Waals surface area (Å²) >= 11 is 0. The minimum atomic E-state index is -2.60. The number of alkyl halides is 2. The summed E-state index contributed by atoms with van der Waals surface area (Å²) in [6, 6.07) is 2.86. The first kappa shape index (κ1) is 19.6. The fraction of sp³-hybridized carbons (Fsp3) is 0.444. The summed E-state index contributed by atoms with van der Waals surface area (Å²) in [5.41, 5.74) is 1.25. The van der Waals surface area contributed by atoms with E-state index >= 15 is 0 Å². The Kier molecular flexibility index (Phi) is 5.35. The molecule has 0 saturated carbocycles. The Labute approximate surface area is 164 Å². The molecule has 3 aromatic heterocycles. The number of hydrogen-bond donors (Lipinski definition) is 2. The predicted molar refractivity (Wildman–Crippen MR) is 95.3 cm³/mol. The minimum Gasteiger partial charge on any atom is -0.476 e. The van der Waals surface area contributed by atoms with Gasteiger partial charge in [0.1, 0.15) is 24.2 Å². The lowest BCUT2D eigenvalue weighted by molar-refractivity contribution is -0.0299. The molecule has 11 heteroatoms. The monoisotopic (exact) mass is 407 g/mol. The molecule has 1 aliphatic rings. The van der Waals surface area contributed by atoms with Gasteiger partial charge in [-0.2, -0.15) is 4.98 Å². The van der Waals surface area contributed by atoms with Gasteiger partial charge in [-0.25, -0.2) is 18.7 Å². The van der Waals surface area contributed by atoms with E-state index in [-0.39, 0.29) is 18.2 Å². The van der Waals surface area contributed by atoms with Gasteiger partial charge in [-0.15, -0.1) is 0 Å². The summed E-state index contributed by atoms with van der Waals surface area (Å²) in [7, 11) is 0. The van der Waals surface area contributed by atoms with Crippen LogP contribution in [-0.4, -0.2) is 59.6 Å². The summed E-state index contributed by atoms with van der Waals surface area (Å²) in [6.07, 6.45) is -1.52. The molecule has 9 nitrogen and oxygen atoms in total. The Hall–Kier alpha value is -2.76. The third-order valence-corrected chi connectivity index (χ3v) is 4.78. The van der Waals surface area contributed by atoms with Crippen LogP contribution in [0.2, 0.25) is 0 Å². The van der Waals surface area contributed by atoms with Crippen molar-refractivity contribution < 1.29 is 28.5 Å². The van der Waals surface area contributed by atoms with E-state index in [4.69, 9.17) is 9.47 Å². The van der Waals surface area contributed by atoms with E-state index in [0.717, 1.165) is 5.56 Å². The number of aliphatic hydroxyl groups excluding tert-OH is 2. The van der Waals surface area contributed by atoms with Gasteiger partial charge in [0.15, 0.2) is 17.4 Å². The van der Waals surface area contributed by atoms with Crippen molar-refractivity contribution in [2.45, 2.75) is 44.3 Å². The Balaban J connectivity index is 1.47. The highest BCUT2D eigenvalue weighted by atomic mass is 19.3. The molecule has 4 atom stereocenters. The number of pyridine rings is 1. The smallest absolute Gasteiger partial charge is 0.280 e. The van der Waals surface area contributed by atoms with Gasteiger partial charge in [0.05, 0.1) is 19.0 Å².